The van der Waals surface area contributed by atoms with Crippen LogP contribution in [0.1, 0.15) is 77.2 Å². The fraction of sp³-hybridized carbons (Fsp3) is 0.650. The minimum Gasteiger partial charge on any atom is -0.465 e. The summed E-state index contributed by atoms with van der Waals surface area (Å²) in [6.07, 6.45) is 12.0. The van der Waals surface area contributed by atoms with Crippen molar-refractivity contribution in [3.8, 4) is 0 Å². The van der Waals surface area contributed by atoms with Crippen molar-refractivity contribution in [2.45, 2.75) is 78.6 Å². The Morgan fingerprint density at radius 2 is 1.35 bits per heavy atom. The van der Waals surface area contributed by atoms with Crippen LogP contribution in [0.3, 0.4) is 0 Å². The zero-order valence-corrected chi connectivity index (χ0v) is 15.5. The molecule has 0 atom stereocenters. The van der Waals surface area contributed by atoms with E-state index in [0.717, 1.165) is 11.3 Å². The molecular formula is C20H35NO2. The van der Waals surface area contributed by atoms with Crippen molar-refractivity contribution in [1.29, 1.82) is 0 Å². The molecule has 1 rings (SSSR count). The van der Waals surface area contributed by atoms with Gasteiger partial charge < -0.3 is 5.11 Å². The molecule has 0 unspecified atom stereocenters. The molecule has 0 fully saturated rings. The first kappa shape index (κ1) is 21.5. The van der Waals surface area contributed by atoms with E-state index in [1.165, 1.54) is 69.7 Å². The number of rotatable bonds is 9. The first-order valence-electron chi connectivity index (χ1n) is 9.06. The summed E-state index contributed by atoms with van der Waals surface area (Å²) in [5.74, 6) is 0. The van der Waals surface area contributed by atoms with Crippen molar-refractivity contribution < 1.29 is 9.90 Å². The molecule has 0 aromatic heterocycles. The second-order valence-corrected chi connectivity index (χ2v) is 6.10. The van der Waals surface area contributed by atoms with E-state index in [1.807, 2.05) is 25.1 Å². The molecule has 1 aromatic carbocycles. The van der Waals surface area contributed by atoms with E-state index in [2.05, 4.69) is 13.8 Å². The van der Waals surface area contributed by atoms with Crippen LogP contribution in [0.15, 0.2) is 24.3 Å². The zero-order chi connectivity index (χ0) is 17.5. The van der Waals surface area contributed by atoms with Gasteiger partial charge in [0.2, 0.25) is 0 Å². The van der Waals surface area contributed by atoms with Gasteiger partial charge in [-0.25, -0.2) is 4.79 Å². The zero-order valence-electron chi connectivity index (χ0n) is 15.5. The highest BCUT2D eigenvalue weighted by molar-refractivity contribution is 5.86. The lowest BCUT2D eigenvalue weighted by Gasteiger charge is -2.14. The van der Waals surface area contributed by atoms with Gasteiger partial charge in [0, 0.05) is 12.7 Å². The van der Waals surface area contributed by atoms with Crippen LogP contribution in [0.5, 0.6) is 0 Å². The Bertz CT molecular complexity index is 410. The Hall–Kier alpha value is -1.51. The van der Waals surface area contributed by atoms with Gasteiger partial charge in [0.1, 0.15) is 0 Å². The molecule has 3 heteroatoms. The SMILES string of the molecule is CCCCCCCCCCC.Cc1ccccc1N(C)C(=O)O. The monoisotopic (exact) mass is 321 g/mol. The van der Waals surface area contributed by atoms with Crippen LogP contribution in [0.25, 0.3) is 0 Å². The molecule has 0 aliphatic carbocycles. The number of amides is 1. The van der Waals surface area contributed by atoms with Gasteiger partial charge in [-0.05, 0) is 18.6 Å². The summed E-state index contributed by atoms with van der Waals surface area (Å²) in [6, 6.07) is 7.37. The van der Waals surface area contributed by atoms with Crippen molar-refractivity contribution in [3.05, 3.63) is 29.8 Å². The average Bonchev–Trinajstić information content (AvgIpc) is 2.54. The van der Waals surface area contributed by atoms with E-state index >= 15 is 0 Å². The highest BCUT2D eigenvalue weighted by Crippen LogP contribution is 2.17. The molecule has 23 heavy (non-hydrogen) atoms. The number of carboxylic acid groups (broad SMARTS) is 1. The van der Waals surface area contributed by atoms with Crippen molar-refractivity contribution in [2.24, 2.45) is 0 Å². The minimum atomic E-state index is -0.940. The number of nitrogens with zero attached hydrogens (tertiary/aromatic N) is 1. The molecule has 0 aliphatic rings. The molecule has 0 saturated carbocycles. The van der Waals surface area contributed by atoms with E-state index in [9.17, 15) is 4.79 Å². The van der Waals surface area contributed by atoms with Crippen molar-refractivity contribution in [1.82, 2.24) is 0 Å². The Labute approximate surface area is 142 Å². The number of para-hydroxylation sites is 1. The van der Waals surface area contributed by atoms with Crippen LogP contribution in [-0.4, -0.2) is 18.2 Å². The lowest BCUT2D eigenvalue weighted by molar-refractivity contribution is 0.203. The largest absolute Gasteiger partial charge is 0.465 e. The third-order valence-electron chi connectivity index (χ3n) is 3.97. The number of benzene rings is 1. The van der Waals surface area contributed by atoms with Crippen molar-refractivity contribution >= 4 is 11.8 Å². The number of unbranched alkanes of at least 4 members (excludes halogenated alkanes) is 8. The molecule has 132 valence electrons. The molecule has 0 aliphatic heterocycles. The van der Waals surface area contributed by atoms with Gasteiger partial charge in [-0.15, -0.1) is 0 Å². The second kappa shape index (κ2) is 14.1. The van der Waals surface area contributed by atoms with E-state index < -0.39 is 6.09 Å². The first-order chi connectivity index (χ1) is 11.0. The van der Waals surface area contributed by atoms with Gasteiger partial charge in [-0.1, -0.05) is 89.8 Å². The Morgan fingerprint density at radius 3 is 1.74 bits per heavy atom. The molecule has 0 bridgehead atoms. The van der Waals surface area contributed by atoms with E-state index in [-0.39, 0.29) is 0 Å². The van der Waals surface area contributed by atoms with Gasteiger partial charge in [-0.2, -0.15) is 0 Å². The normalized spacial score (nSPS) is 9.91. The summed E-state index contributed by atoms with van der Waals surface area (Å²) in [6.45, 7) is 6.43. The predicted octanol–water partition coefficient (Wildman–Crippen LogP) is 6.65. The summed E-state index contributed by atoms with van der Waals surface area (Å²) < 4.78 is 0. The number of hydrogen-bond acceptors (Lipinski definition) is 1. The van der Waals surface area contributed by atoms with Gasteiger partial charge in [0.25, 0.3) is 0 Å². The smallest absolute Gasteiger partial charge is 0.411 e. The highest BCUT2D eigenvalue weighted by atomic mass is 16.4. The molecule has 1 aromatic rings. The number of aryl methyl sites for hydroxylation is 1. The fourth-order valence-electron chi connectivity index (χ4n) is 2.43. The molecule has 3 nitrogen and oxygen atoms in total. The lowest BCUT2D eigenvalue weighted by Crippen LogP contribution is -2.24. The van der Waals surface area contributed by atoms with Crippen molar-refractivity contribution in [3.63, 3.8) is 0 Å². The van der Waals surface area contributed by atoms with Crippen LogP contribution < -0.4 is 4.90 Å². The summed E-state index contributed by atoms with van der Waals surface area (Å²) >= 11 is 0. The Balaban J connectivity index is 0.000000423. The summed E-state index contributed by atoms with van der Waals surface area (Å²) in [4.78, 5) is 11.8. The molecule has 1 amide bonds. The molecular weight excluding hydrogens is 286 g/mol. The minimum absolute atomic E-state index is 0.727. The Morgan fingerprint density at radius 1 is 0.913 bits per heavy atom. The van der Waals surface area contributed by atoms with Gasteiger partial charge >= 0.3 is 6.09 Å². The maximum Gasteiger partial charge on any atom is 0.411 e. The summed E-state index contributed by atoms with van der Waals surface area (Å²) in [7, 11) is 1.53. The Kier molecular flexibility index (Phi) is 13.2. The fourth-order valence-corrected chi connectivity index (χ4v) is 2.43. The molecule has 0 spiro atoms. The number of carbonyl (C=O) groups is 1. The predicted molar refractivity (Wildman–Crippen MR) is 101 cm³/mol. The number of anilines is 1. The maximum atomic E-state index is 10.6. The number of hydrogen-bond donors (Lipinski definition) is 1. The maximum absolute atomic E-state index is 10.6. The van der Waals surface area contributed by atoms with Crippen LogP contribution in [0, 0.1) is 6.92 Å². The standard InChI is InChI=1S/C11H24.C9H11NO2/c1-3-5-7-9-11-10-8-6-4-2;1-7-5-3-4-6-8(7)10(2)9(11)12/h3-11H2,1-2H3;3-6H,1-2H3,(H,11,12). The molecule has 0 radical (unpaired) electrons. The average molecular weight is 322 g/mol. The van der Waals surface area contributed by atoms with E-state index in [1.54, 1.807) is 6.07 Å². The third kappa shape index (κ3) is 10.8. The lowest BCUT2D eigenvalue weighted by atomic mass is 10.1. The first-order valence-corrected chi connectivity index (χ1v) is 9.06. The van der Waals surface area contributed by atoms with E-state index in [4.69, 9.17) is 5.11 Å². The second-order valence-electron chi connectivity index (χ2n) is 6.10. The topological polar surface area (TPSA) is 40.5 Å². The van der Waals surface area contributed by atoms with Crippen LogP contribution in [0.4, 0.5) is 10.5 Å². The molecule has 0 saturated heterocycles. The third-order valence-corrected chi connectivity index (χ3v) is 3.97. The van der Waals surface area contributed by atoms with E-state index in [0.29, 0.717) is 0 Å². The van der Waals surface area contributed by atoms with Crippen LogP contribution in [0.2, 0.25) is 0 Å². The summed E-state index contributed by atoms with van der Waals surface area (Å²) in [5.41, 5.74) is 1.69. The summed E-state index contributed by atoms with van der Waals surface area (Å²) in [5, 5.41) is 8.69. The quantitative estimate of drug-likeness (QED) is 0.517. The highest BCUT2D eigenvalue weighted by Gasteiger charge is 2.09. The van der Waals surface area contributed by atoms with Gasteiger partial charge in [0.15, 0.2) is 0 Å². The molecule has 1 N–H and O–H groups in total. The van der Waals surface area contributed by atoms with Crippen molar-refractivity contribution in [2.75, 3.05) is 11.9 Å². The van der Waals surface area contributed by atoms with Crippen LogP contribution >= 0.6 is 0 Å². The van der Waals surface area contributed by atoms with Gasteiger partial charge in [0.05, 0.1) is 0 Å². The van der Waals surface area contributed by atoms with Gasteiger partial charge in [-0.3, -0.25) is 4.90 Å². The van der Waals surface area contributed by atoms with Crippen LogP contribution in [-0.2, 0) is 0 Å². The molecule has 0 heterocycles.